The SMILES string of the molecule is c1ccc(N2c3ccccc3B3c4cc5c(cc4Oc4cccc2c43)N(c2ccccc2)c2cccc3c2B5c2c(cc4c5c2Oc2ccccc2B5c2ccccc2N4c2ccccc2)N3c2ccccc2)cc1. The number of hydrogen-bond donors (Lipinski definition) is 0. The average molecular weight is 955 g/mol. The van der Waals surface area contributed by atoms with E-state index in [9.17, 15) is 0 Å². The lowest BCUT2D eigenvalue weighted by atomic mass is 9.29. The predicted octanol–water partition coefficient (Wildman–Crippen LogP) is 10.6. The molecule has 0 bridgehead atoms. The first kappa shape index (κ1) is 40.9. The van der Waals surface area contributed by atoms with E-state index in [1.165, 1.54) is 49.6 Å². The van der Waals surface area contributed by atoms with Gasteiger partial charge >= 0.3 is 0 Å². The van der Waals surface area contributed by atoms with Crippen LogP contribution in [0, 0.1) is 0 Å². The van der Waals surface area contributed by atoms with Crippen LogP contribution in [0.3, 0.4) is 0 Å². The van der Waals surface area contributed by atoms with Crippen LogP contribution in [0.1, 0.15) is 0 Å². The van der Waals surface area contributed by atoms with Gasteiger partial charge in [-0.25, -0.2) is 0 Å². The zero-order chi connectivity index (χ0) is 48.9. The van der Waals surface area contributed by atoms with Gasteiger partial charge in [-0.2, -0.15) is 0 Å². The molecule has 0 amide bonds. The van der Waals surface area contributed by atoms with E-state index in [1.54, 1.807) is 0 Å². The molecule has 0 aliphatic carbocycles. The van der Waals surface area contributed by atoms with E-state index in [0.717, 1.165) is 90.8 Å². The fraction of sp³-hybridized carbons (Fsp3) is 0. The van der Waals surface area contributed by atoms with Crippen molar-refractivity contribution >= 4 is 138 Å². The minimum absolute atomic E-state index is 0.0785. The van der Waals surface area contributed by atoms with Crippen molar-refractivity contribution in [1.82, 2.24) is 0 Å². The van der Waals surface area contributed by atoms with Crippen molar-refractivity contribution in [2.24, 2.45) is 0 Å². The molecule has 75 heavy (non-hydrogen) atoms. The van der Waals surface area contributed by atoms with Crippen LogP contribution in [0.4, 0.5) is 68.2 Å². The van der Waals surface area contributed by atoms with Crippen molar-refractivity contribution in [2.45, 2.75) is 0 Å². The summed E-state index contributed by atoms with van der Waals surface area (Å²) in [6.07, 6.45) is 0. The normalized spacial score (nSPS) is 14.2. The highest BCUT2D eigenvalue weighted by Crippen LogP contribution is 2.50. The highest BCUT2D eigenvalue weighted by molar-refractivity contribution is 7.04. The Labute approximate surface area is 436 Å². The van der Waals surface area contributed by atoms with Crippen LogP contribution in [0.25, 0.3) is 0 Å². The molecule has 6 aliphatic heterocycles. The maximum Gasteiger partial charge on any atom is 0.256 e. The second kappa shape index (κ2) is 15.5. The minimum atomic E-state index is -0.253. The molecule has 0 unspecified atom stereocenters. The van der Waals surface area contributed by atoms with Crippen LogP contribution in [0.5, 0.6) is 23.0 Å². The lowest BCUT2D eigenvalue weighted by molar-refractivity contribution is 0.488. The second-order valence-electron chi connectivity index (χ2n) is 20.3. The van der Waals surface area contributed by atoms with E-state index in [2.05, 4.69) is 268 Å². The zero-order valence-corrected chi connectivity index (χ0v) is 40.5. The number of ether oxygens (including phenoxy) is 2. The Bertz CT molecular complexity index is 4200. The van der Waals surface area contributed by atoms with Crippen LogP contribution >= 0.6 is 0 Å². The quantitative estimate of drug-likeness (QED) is 0.163. The Kier molecular flexibility index (Phi) is 8.44. The summed E-state index contributed by atoms with van der Waals surface area (Å²) in [4.78, 5) is 9.84. The van der Waals surface area contributed by atoms with Crippen molar-refractivity contribution in [3.63, 3.8) is 0 Å². The van der Waals surface area contributed by atoms with Crippen LogP contribution in [-0.2, 0) is 0 Å². The highest BCUT2D eigenvalue weighted by Gasteiger charge is 2.52. The molecule has 0 atom stereocenters. The van der Waals surface area contributed by atoms with Gasteiger partial charge in [-0.1, -0.05) is 146 Å². The smallest absolute Gasteiger partial charge is 0.256 e. The monoisotopic (exact) mass is 954 g/mol. The topological polar surface area (TPSA) is 31.4 Å². The molecule has 0 spiro atoms. The summed E-state index contributed by atoms with van der Waals surface area (Å²) >= 11 is 0. The van der Waals surface area contributed by atoms with Crippen LogP contribution in [-0.4, -0.2) is 20.1 Å². The number of fused-ring (bicyclic) bond motifs is 13. The van der Waals surface area contributed by atoms with Crippen LogP contribution < -0.4 is 78.2 Å². The maximum absolute atomic E-state index is 7.67. The summed E-state index contributed by atoms with van der Waals surface area (Å²) in [5.74, 6) is 3.54. The van der Waals surface area contributed by atoms with Gasteiger partial charge in [-0.05, 0) is 146 Å². The summed E-state index contributed by atoms with van der Waals surface area (Å²) in [6, 6.07) is 90.6. The summed E-state index contributed by atoms with van der Waals surface area (Å²) in [6.45, 7) is -0.432. The lowest BCUT2D eigenvalue weighted by Crippen LogP contribution is -2.66. The Balaban J connectivity index is 0.993. The van der Waals surface area contributed by atoms with E-state index in [4.69, 9.17) is 9.47 Å². The molecule has 0 aromatic heterocycles. The number of benzene rings is 11. The molecular formula is C66H41B3N4O2. The third kappa shape index (κ3) is 5.61. The van der Waals surface area contributed by atoms with Gasteiger partial charge in [0.05, 0.1) is 0 Å². The fourth-order valence-corrected chi connectivity index (χ4v) is 13.6. The Morgan fingerprint density at radius 1 is 0.227 bits per heavy atom. The summed E-state index contributed by atoms with van der Waals surface area (Å²) in [7, 11) is 0. The van der Waals surface area contributed by atoms with E-state index < -0.39 is 0 Å². The first-order valence-corrected chi connectivity index (χ1v) is 25.9. The van der Waals surface area contributed by atoms with Gasteiger partial charge in [0, 0.05) is 74.3 Å². The van der Waals surface area contributed by atoms with E-state index in [0.29, 0.717) is 0 Å². The third-order valence-electron chi connectivity index (χ3n) is 16.5. The third-order valence-corrected chi connectivity index (χ3v) is 16.5. The molecule has 0 saturated heterocycles. The van der Waals surface area contributed by atoms with Crippen LogP contribution in [0.15, 0.2) is 249 Å². The molecule has 6 nitrogen and oxygen atoms in total. The molecule has 346 valence electrons. The largest absolute Gasteiger partial charge is 0.459 e. The summed E-state index contributed by atoms with van der Waals surface area (Å²) < 4.78 is 15.0. The molecule has 0 radical (unpaired) electrons. The number of anilines is 12. The standard InChI is InChI=1S/C66H41B3N4O2/c1-5-21-42(22-6-1)70-51-32-16-14-30-47(51)68-50-39-49-56(41-61(50)74-60-38-20-36-55(70)63(60)68)72(44-25-9-3-10-26-44)53-34-19-35-54-62(53)69(49)65-58(73(54)45-27-11-4-12-28-45)40-57-64-66(65)75-59-37-18-15-31-48(59)67(64)46-29-13-17-33-52(46)71(57)43-23-7-2-8-24-43/h1-41H. The number of para-hydroxylation sites is 7. The molecule has 0 saturated carbocycles. The summed E-state index contributed by atoms with van der Waals surface area (Å²) in [5.41, 5.74) is 24.1. The molecule has 6 aliphatic rings. The Morgan fingerprint density at radius 2 is 0.640 bits per heavy atom. The zero-order valence-electron chi connectivity index (χ0n) is 40.5. The molecule has 6 heterocycles. The van der Waals surface area contributed by atoms with Gasteiger partial charge in [0.15, 0.2) is 0 Å². The van der Waals surface area contributed by atoms with E-state index in [-0.39, 0.29) is 20.1 Å². The van der Waals surface area contributed by atoms with E-state index in [1.807, 2.05) is 0 Å². The lowest BCUT2D eigenvalue weighted by Gasteiger charge is -2.47. The van der Waals surface area contributed by atoms with Gasteiger partial charge in [0.1, 0.15) is 23.0 Å². The predicted molar refractivity (Wildman–Crippen MR) is 312 cm³/mol. The number of nitrogens with zero attached hydrogens (tertiary/aromatic N) is 4. The van der Waals surface area contributed by atoms with Gasteiger partial charge in [0.25, 0.3) is 20.1 Å². The van der Waals surface area contributed by atoms with E-state index >= 15 is 0 Å². The van der Waals surface area contributed by atoms with Crippen molar-refractivity contribution in [2.75, 3.05) is 19.6 Å². The minimum Gasteiger partial charge on any atom is -0.459 e. The molecule has 11 aromatic carbocycles. The van der Waals surface area contributed by atoms with Crippen molar-refractivity contribution in [3.05, 3.63) is 249 Å². The first-order chi connectivity index (χ1) is 37.3. The number of hydrogen-bond acceptors (Lipinski definition) is 6. The summed E-state index contributed by atoms with van der Waals surface area (Å²) in [5, 5.41) is 0. The second-order valence-corrected chi connectivity index (χ2v) is 20.3. The maximum atomic E-state index is 7.67. The molecule has 17 rings (SSSR count). The number of rotatable bonds is 4. The van der Waals surface area contributed by atoms with Crippen molar-refractivity contribution < 1.29 is 9.47 Å². The van der Waals surface area contributed by atoms with Gasteiger partial charge < -0.3 is 29.1 Å². The van der Waals surface area contributed by atoms with Gasteiger partial charge in [0.2, 0.25) is 0 Å². The molecular weight excluding hydrogens is 913 g/mol. The van der Waals surface area contributed by atoms with Gasteiger partial charge in [-0.15, -0.1) is 0 Å². The highest BCUT2D eigenvalue weighted by atomic mass is 16.5. The van der Waals surface area contributed by atoms with Crippen LogP contribution in [0.2, 0.25) is 0 Å². The molecule has 11 aromatic rings. The average Bonchev–Trinajstić information content (AvgIpc) is 3.48. The fourth-order valence-electron chi connectivity index (χ4n) is 13.6. The van der Waals surface area contributed by atoms with Gasteiger partial charge in [-0.3, -0.25) is 0 Å². The first-order valence-electron chi connectivity index (χ1n) is 25.9. The van der Waals surface area contributed by atoms with Crippen molar-refractivity contribution in [3.8, 4) is 23.0 Å². The molecule has 0 fully saturated rings. The van der Waals surface area contributed by atoms with Crippen molar-refractivity contribution in [1.29, 1.82) is 0 Å². The molecule has 9 heteroatoms. The molecule has 0 N–H and O–H groups in total. The Hall–Kier alpha value is -9.59. The Morgan fingerprint density at radius 3 is 1.23 bits per heavy atom.